The highest BCUT2D eigenvalue weighted by Gasteiger charge is 2.47. The molecule has 6 rings (SSSR count). The topological polar surface area (TPSA) is 137 Å². The van der Waals surface area contributed by atoms with E-state index >= 15 is 0 Å². The predicted molar refractivity (Wildman–Crippen MR) is 156 cm³/mol. The average molecular weight is 573 g/mol. The molecule has 2 aliphatic carbocycles. The molecule has 42 heavy (non-hydrogen) atoms. The Morgan fingerprint density at radius 2 is 1.26 bits per heavy atom. The lowest BCUT2D eigenvalue weighted by Gasteiger charge is -2.30. The van der Waals surface area contributed by atoms with Crippen molar-refractivity contribution in [2.75, 3.05) is 13.1 Å². The zero-order chi connectivity index (χ0) is 29.2. The molecule has 10 nitrogen and oxygen atoms in total. The van der Waals surface area contributed by atoms with Gasteiger partial charge in [-0.3, -0.25) is 24.5 Å². The second-order valence-corrected chi connectivity index (χ2v) is 12.0. The molecule has 0 bridgehead atoms. The van der Waals surface area contributed by atoms with Gasteiger partial charge < -0.3 is 26.2 Å². The number of carbonyl (C=O) groups excluding carboxylic acids is 4. The smallest absolute Gasteiger partial charge is 0.251 e. The molecule has 2 saturated carbocycles. The van der Waals surface area contributed by atoms with E-state index in [1.165, 1.54) is 0 Å². The molecule has 222 valence electrons. The standard InChI is InChI=1S/C32H40N6O4/c33-25-13-7-17-37(25)31(41)27(20-9-3-1-4-10-20)36-30(40)23-19-24(23)34-26-14-8-18-38(26)32(42)28(21-11-5-2-6-12-21)35-29(39)22-15-16-22/h1-6,9-12,22-28,34H,7-8,13-19,33H2,(H,35,39)(H,36,40)/t23?,24?,25-,26+,27+,28+/m1/s1. The van der Waals surface area contributed by atoms with Crippen molar-refractivity contribution in [2.45, 2.75) is 75.4 Å². The normalized spacial score (nSPS) is 26.4. The predicted octanol–water partition coefficient (Wildman–Crippen LogP) is 1.95. The fraction of sp³-hybridized carbons (Fsp3) is 0.500. The Hall–Kier alpha value is -3.76. The molecule has 2 unspecified atom stereocenters. The molecule has 0 aromatic heterocycles. The van der Waals surface area contributed by atoms with E-state index in [4.69, 9.17) is 5.73 Å². The number of nitrogens with zero attached hydrogens (tertiary/aromatic N) is 2. The summed E-state index contributed by atoms with van der Waals surface area (Å²) < 4.78 is 0. The van der Waals surface area contributed by atoms with Crippen molar-refractivity contribution in [3.8, 4) is 0 Å². The Morgan fingerprint density at radius 3 is 1.83 bits per heavy atom. The number of rotatable bonds is 10. The van der Waals surface area contributed by atoms with E-state index in [0.29, 0.717) is 19.5 Å². The van der Waals surface area contributed by atoms with E-state index in [1.807, 2.05) is 65.6 Å². The molecule has 0 radical (unpaired) electrons. The van der Waals surface area contributed by atoms with Crippen LogP contribution in [0, 0.1) is 11.8 Å². The van der Waals surface area contributed by atoms with Gasteiger partial charge in [-0.2, -0.15) is 0 Å². The van der Waals surface area contributed by atoms with Crippen molar-refractivity contribution in [1.29, 1.82) is 0 Å². The third-order valence-electron chi connectivity index (χ3n) is 8.93. The summed E-state index contributed by atoms with van der Waals surface area (Å²) in [4.78, 5) is 56.8. The lowest BCUT2D eigenvalue weighted by molar-refractivity contribution is -0.138. The summed E-state index contributed by atoms with van der Waals surface area (Å²) in [7, 11) is 0. The zero-order valence-corrected chi connectivity index (χ0v) is 23.8. The zero-order valence-electron chi connectivity index (χ0n) is 23.8. The molecule has 6 atom stereocenters. The molecule has 4 amide bonds. The molecule has 0 spiro atoms. The van der Waals surface area contributed by atoms with Gasteiger partial charge in [-0.25, -0.2) is 0 Å². The summed E-state index contributed by atoms with van der Waals surface area (Å²) in [5.74, 6) is -0.876. The van der Waals surface area contributed by atoms with Gasteiger partial charge in [0.1, 0.15) is 12.1 Å². The summed E-state index contributed by atoms with van der Waals surface area (Å²) in [6.07, 6.45) is 5.01. The summed E-state index contributed by atoms with van der Waals surface area (Å²) >= 11 is 0. The third kappa shape index (κ3) is 6.19. The molecule has 2 heterocycles. The minimum absolute atomic E-state index is 0.00459. The highest BCUT2D eigenvalue weighted by Crippen LogP contribution is 2.35. The fourth-order valence-electron chi connectivity index (χ4n) is 6.24. The molecule has 2 aromatic rings. The molecule has 2 aliphatic heterocycles. The van der Waals surface area contributed by atoms with Crippen molar-refractivity contribution < 1.29 is 19.2 Å². The first-order valence-electron chi connectivity index (χ1n) is 15.2. The summed E-state index contributed by atoms with van der Waals surface area (Å²) in [5, 5.41) is 9.53. The monoisotopic (exact) mass is 572 g/mol. The van der Waals surface area contributed by atoms with E-state index in [2.05, 4.69) is 16.0 Å². The second kappa shape index (κ2) is 12.2. The van der Waals surface area contributed by atoms with E-state index in [0.717, 1.165) is 49.7 Å². The summed E-state index contributed by atoms with van der Waals surface area (Å²) in [6.45, 7) is 1.17. The minimum atomic E-state index is -0.796. The number of carbonyl (C=O) groups is 4. The van der Waals surface area contributed by atoms with Crippen molar-refractivity contribution in [3.05, 3.63) is 71.8 Å². The molecule has 2 aromatic carbocycles. The first-order valence-corrected chi connectivity index (χ1v) is 15.2. The Balaban J connectivity index is 1.10. The van der Waals surface area contributed by atoms with Crippen LogP contribution in [0.3, 0.4) is 0 Å². The lowest BCUT2D eigenvalue weighted by Crippen LogP contribution is -2.51. The van der Waals surface area contributed by atoms with Crippen LogP contribution in [0.15, 0.2) is 60.7 Å². The van der Waals surface area contributed by atoms with Crippen LogP contribution in [-0.4, -0.2) is 64.9 Å². The van der Waals surface area contributed by atoms with Crippen LogP contribution in [-0.2, 0) is 19.2 Å². The van der Waals surface area contributed by atoms with Crippen LogP contribution in [0.5, 0.6) is 0 Å². The van der Waals surface area contributed by atoms with Gasteiger partial charge in [0.15, 0.2) is 0 Å². The number of hydrogen-bond acceptors (Lipinski definition) is 6. The van der Waals surface area contributed by atoms with Gasteiger partial charge in [-0.15, -0.1) is 0 Å². The maximum atomic E-state index is 13.8. The van der Waals surface area contributed by atoms with Gasteiger partial charge in [0.05, 0.1) is 18.2 Å². The van der Waals surface area contributed by atoms with Crippen molar-refractivity contribution in [2.24, 2.45) is 17.6 Å². The van der Waals surface area contributed by atoms with Crippen molar-refractivity contribution in [3.63, 3.8) is 0 Å². The lowest BCUT2D eigenvalue weighted by atomic mass is 10.0. The van der Waals surface area contributed by atoms with Gasteiger partial charge in [0.2, 0.25) is 11.8 Å². The quantitative estimate of drug-likeness (QED) is 0.344. The summed E-state index contributed by atoms with van der Waals surface area (Å²) in [5.41, 5.74) is 7.67. The SMILES string of the molecule is N[C@H]1CCCN1C(=O)[C@@H](NC(=O)C1CC1N[C@@H]1CCCN1C(=O)[C@@H](NC(=O)C1CC1)c1ccccc1)c1ccccc1. The van der Waals surface area contributed by atoms with Crippen LogP contribution < -0.4 is 21.7 Å². The Labute approximate surface area is 246 Å². The van der Waals surface area contributed by atoms with Crippen molar-refractivity contribution >= 4 is 23.6 Å². The maximum Gasteiger partial charge on any atom is 0.251 e. The maximum absolute atomic E-state index is 13.8. The molecule has 10 heteroatoms. The van der Waals surface area contributed by atoms with E-state index in [1.54, 1.807) is 4.90 Å². The highest BCUT2D eigenvalue weighted by atomic mass is 16.2. The van der Waals surface area contributed by atoms with Crippen LogP contribution in [0.4, 0.5) is 0 Å². The average Bonchev–Trinajstić information content (AvgIpc) is 3.92. The largest absolute Gasteiger partial charge is 0.340 e. The number of hydrogen-bond donors (Lipinski definition) is 4. The summed E-state index contributed by atoms with van der Waals surface area (Å²) in [6, 6.07) is 17.0. The second-order valence-electron chi connectivity index (χ2n) is 12.0. The number of likely N-dealkylation sites (tertiary alicyclic amines) is 2. The van der Waals surface area contributed by atoms with E-state index in [9.17, 15) is 19.2 Å². The van der Waals surface area contributed by atoms with Gasteiger partial charge in [-0.1, -0.05) is 60.7 Å². The molecule has 2 saturated heterocycles. The van der Waals surface area contributed by atoms with Crippen LogP contribution in [0.2, 0.25) is 0 Å². The number of amides is 4. The Morgan fingerprint density at radius 1 is 0.714 bits per heavy atom. The number of benzene rings is 2. The molecular weight excluding hydrogens is 532 g/mol. The van der Waals surface area contributed by atoms with Crippen molar-refractivity contribution in [1.82, 2.24) is 25.8 Å². The highest BCUT2D eigenvalue weighted by molar-refractivity contribution is 5.92. The van der Waals surface area contributed by atoms with Gasteiger partial charge >= 0.3 is 0 Å². The Kier molecular flexibility index (Phi) is 8.26. The van der Waals surface area contributed by atoms with Gasteiger partial charge in [0, 0.05) is 25.0 Å². The molecule has 4 aliphatic rings. The molecular formula is C32H40N6O4. The van der Waals surface area contributed by atoms with Gasteiger partial charge in [-0.05, 0) is 56.1 Å². The Bertz CT molecular complexity index is 1300. The fourth-order valence-corrected chi connectivity index (χ4v) is 6.24. The van der Waals surface area contributed by atoms with Gasteiger partial charge in [0.25, 0.3) is 11.8 Å². The molecule has 4 fully saturated rings. The van der Waals surface area contributed by atoms with E-state index < -0.39 is 12.1 Å². The van der Waals surface area contributed by atoms with E-state index in [-0.39, 0.29) is 53.8 Å². The third-order valence-corrected chi connectivity index (χ3v) is 8.93. The van der Waals surface area contributed by atoms with Crippen LogP contribution >= 0.6 is 0 Å². The minimum Gasteiger partial charge on any atom is -0.340 e. The molecule has 5 N–H and O–H groups in total. The van der Waals surface area contributed by atoms with Crippen LogP contribution in [0.1, 0.15) is 68.2 Å². The first-order chi connectivity index (χ1) is 20.4. The first kappa shape index (κ1) is 28.4. The number of nitrogens with one attached hydrogen (secondary N) is 3. The van der Waals surface area contributed by atoms with Crippen LogP contribution in [0.25, 0.3) is 0 Å². The number of nitrogens with two attached hydrogens (primary N) is 1.